The van der Waals surface area contributed by atoms with Crippen molar-refractivity contribution in [3.63, 3.8) is 0 Å². The van der Waals surface area contributed by atoms with Gasteiger partial charge in [0.2, 0.25) is 0 Å². The van der Waals surface area contributed by atoms with Crippen LogP contribution in [0.15, 0.2) is 45.3 Å². The molecule has 0 radical (unpaired) electrons. The Balaban J connectivity index is 2.36. The summed E-state index contributed by atoms with van der Waals surface area (Å²) < 4.78 is 40.2. The smallest absolute Gasteiger partial charge is 0.321 e. The molecule has 0 atom stereocenters. The largest absolute Gasteiger partial charge is 0.418 e. The summed E-state index contributed by atoms with van der Waals surface area (Å²) in [5, 5.41) is 2.33. The second kappa shape index (κ2) is 6.42. The minimum atomic E-state index is -4.55. The van der Waals surface area contributed by atoms with Crippen molar-refractivity contribution < 1.29 is 18.0 Å². The van der Waals surface area contributed by atoms with Crippen LogP contribution in [0.3, 0.4) is 0 Å². The fourth-order valence-electron chi connectivity index (χ4n) is 1.93. The fourth-order valence-corrected chi connectivity index (χ4v) is 2.77. The summed E-state index contributed by atoms with van der Waals surface area (Å²) in [6, 6.07) is 8.54. The Labute approximate surface area is 142 Å². The number of amides is 1. The van der Waals surface area contributed by atoms with Gasteiger partial charge < -0.3 is 5.32 Å². The lowest BCUT2D eigenvalue weighted by Gasteiger charge is -2.15. The van der Waals surface area contributed by atoms with Crippen LogP contribution in [0.5, 0.6) is 0 Å². The first kappa shape index (κ1) is 17.0. The van der Waals surface area contributed by atoms with Crippen molar-refractivity contribution in [1.82, 2.24) is 0 Å². The molecule has 2 aromatic carbocycles. The first-order chi connectivity index (χ1) is 10.2. The van der Waals surface area contributed by atoms with Crippen LogP contribution in [0, 0.1) is 6.92 Å². The number of hydrogen-bond donors (Lipinski definition) is 1. The zero-order chi connectivity index (χ0) is 16.5. The van der Waals surface area contributed by atoms with Gasteiger partial charge in [0.1, 0.15) is 0 Å². The first-order valence-electron chi connectivity index (χ1n) is 6.13. The van der Waals surface area contributed by atoms with E-state index in [2.05, 4.69) is 37.2 Å². The van der Waals surface area contributed by atoms with Gasteiger partial charge in [-0.2, -0.15) is 13.2 Å². The van der Waals surface area contributed by atoms with E-state index >= 15 is 0 Å². The molecule has 2 nitrogen and oxygen atoms in total. The predicted molar refractivity (Wildman–Crippen MR) is 86.0 cm³/mol. The molecule has 7 heteroatoms. The van der Waals surface area contributed by atoms with E-state index in [1.165, 1.54) is 12.1 Å². The molecule has 1 N–H and O–H groups in total. The molecule has 116 valence electrons. The summed E-state index contributed by atoms with van der Waals surface area (Å²) in [6.07, 6.45) is -4.55. The van der Waals surface area contributed by atoms with Crippen LogP contribution in [0.4, 0.5) is 18.9 Å². The molecule has 0 heterocycles. The van der Waals surface area contributed by atoms with Crippen molar-refractivity contribution in [2.24, 2.45) is 0 Å². The minimum absolute atomic E-state index is 0.275. The third-order valence-corrected chi connectivity index (χ3v) is 3.95. The quantitative estimate of drug-likeness (QED) is 0.634. The zero-order valence-corrected chi connectivity index (χ0v) is 14.4. The van der Waals surface area contributed by atoms with Crippen LogP contribution in [-0.2, 0) is 6.18 Å². The van der Waals surface area contributed by atoms with Gasteiger partial charge in [-0.25, -0.2) is 0 Å². The number of aryl methyl sites for hydroxylation is 1. The van der Waals surface area contributed by atoms with Crippen LogP contribution in [0.2, 0.25) is 0 Å². The maximum atomic E-state index is 13.0. The summed E-state index contributed by atoms with van der Waals surface area (Å²) in [5.41, 5.74) is -0.190. The number of rotatable bonds is 2. The monoisotopic (exact) mass is 435 g/mol. The number of benzene rings is 2. The maximum Gasteiger partial charge on any atom is 0.418 e. The normalized spacial score (nSPS) is 11.4. The van der Waals surface area contributed by atoms with Crippen molar-refractivity contribution in [1.29, 1.82) is 0 Å². The summed E-state index contributed by atoms with van der Waals surface area (Å²) in [4.78, 5) is 12.2. The third kappa shape index (κ3) is 3.89. The average Bonchev–Trinajstić information content (AvgIpc) is 2.39. The van der Waals surface area contributed by atoms with Crippen molar-refractivity contribution in [2.75, 3.05) is 5.32 Å². The van der Waals surface area contributed by atoms with E-state index in [1.807, 2.05) is 0 Å². The molecule has 0 unspecified atom stereocenters. The molecule has 0 bridgehead atoms. The van der Waals surface area contributed by atoms with Crippen LogP contribution >= 0.6 is 31.9 Å². The molecule has 0 aromatic heterocycles. The van der Waals surface area contributed by atoms with Gasteiger partial charge in [-0.1, -0.05) is 31.9 Å². The molecule has 22 heavy (non-hydrogen) atoms. The standard InChI is InChI=1S/C15H10Br2F3NO/c1-8-6-9(16)2-4-11(8)14(22)21-13-5-3-10(17)7-12(13)15(18,19)20/h2-7H,1H3,(H,21,22). The molecule has 0 saturated heterocycles. The van der Waals surface area contributed by atoms with Gasteiger partial charge in [0.25, 0.3) is 5.91 Å². The van der Waals surface area contributed by atoms with Gasteiger partial charge in [0, 0.05) is 14.5 Å². The van der Waals surface area contributed by atoms with Gasteiger partial charge in [0.05, 0.1) is 11.3 Å². The molecule has 1 amide bonds. The van der Waals surface area contributed by atoms with E-state index in [0.29, 0.717) is 11.1 Å². The van der Waals surface area contributed by atoms with Crippen molar-refractivity contribution in [3.05, 3.63) is 62.0 Å². The highest BCUT2D eigenvalue weighted by Crippen LogP contribution is 2.36. The highest BCUT2D eigenvalue weighted by molar-refractivity contribution is 9.10. The van der Waals surface area contributed by atoms with Crippen molar-refractivity contribution in [3.8, 4) is 0 Å². The lowest BCUT2D eigenvalue weighted by molar-refractivity contribution is -0.136. The lowest BCUT2D eigenvalue weighted by Crippen LogP contribution is -2.17. The Morgan fingerprint density at radius 1 is 1.05 bits per heavy atom. The Morgan fingerprint density at radius 2 is 1.64 bits per heavy atom. The van der Waals surface area contributed by atoms with E-state index in [4.69, 9.17) is 0 Å². The van der Waals surface area contributed by atoms with Gasteiger partial charge >= 0.3 is 6.18 Å². The number of halogens is 5. The number of carbonyl (C=O) groups excluding carboxylic acids is 1. The number of hydrogen-bond acceptors (Lipinski definition) is 1. The topological polar surface area (TPSA) is 29.1 Å². The van der Waals surface area contributed by atoms with Gasteiger partial charge in [0.15, 0.2) is 0 Å². The van der Waals surface area contributed by atoms with E-state index < -0.39 is 17.6 Å². The Hall–Kier alpha value is -1.34. The number of alkyl halides is 3. The molecule has 2 rings (SSSR count). The van der Waals surface area contributed by atoms with E-state index in [-0.39, 0.29) is 10.2 Å². The molecule has 0 aliphatic rings. The Morgan fingerprint density at radius 3 is 2.23 bits per heavy atom. The van der Waals surface area contributed by atoms with Crippen LogP contribution < -0.4 is 5.32 Å². The Kier molecular flexibility index (Phi) is 4.97. The molecule has 0 spiro atoms. The van der Waals surface area contributed by atoms with Crippen LogP contribution in [-0.4, -0.2) is 5.91 Å². The van der Waals surface area contributed by atoms with Crippen molar-refractivity contribution >= 4 is 43.5 Å². The SMILES string of the molecule is Cc1cc(Br)ccc1C(=O)Nc1ccc(Br)cc1C(F)(F)F. The lowest BCUT2D eigenvalue weighted by atomic mass is 10.1. The van der Waals surface area contributed by atoms with Gasteiger partial charge in [-0.3, -0.25) is 4.79 Å². The zero-order valence-electron chi connectivity index (χ0n) is 11.3. The minimum Gasteiger partial charge on any atom is -0.321 e. The fraction of sp³-hybridized carbons (Fsp3) is 0.133. The van der Waals surface area contributed by atoms with E-state index in [9.17, 15) is 18.0 Å². The molecular weight excluding hydrogens is 427 g/mol. The summed E-state index contributed by atoms with van der Waals surface area (Å²) in [5.74, 6) is -0.585. The van der Waals surface area contributed by atoms with E-state index in [1.54, 1.807) is 25.1 Å². The van der Waals surface area contributed by atoms with Gasteiger partial charge in [-0.05, 0) is 48.9 Å². The highest BCUT2D eigenvalue weighted by atomic mass is 79.9. The molecule has 0 aliphatic heterocycles. The second-order valence-corrected chi connectivity index (χ2v) is 6.43. The van der Waals surface area contributed by atoms with Crippen LogP contribution in [0.1, 0.15) is 21.5 Å². The number of nitrogens with one attached hydrogen (secondary N) is 1. The third-order valence-electron chi connectivity index (χ3n) is 2.97. The number of anilines is 1. The van der Waals surface area contributed by atoms with Gasteiger partial charge in [-0.15, -0.1) is 0 Å². The molecular formula is C15H10Br2F3NO. The Bertz CT molecular complexity index is 729. The summed E-state index contributed by atoms with van der Waals surface area (Å²) >= 11 is 6.27. The molecule has 2 aromatic rings. The molecule has 0 saturated carbocycles. The molecule has 0 fully saturated rings. The van der Waals surface area contributed by atoms with Crippen molar-refractivity contribution in [2.45, 2.75) is 13.1 Å². The maximum absolute atomic E-state index is 13.0. The van der Waals surface area contributed by atoms with E-state index in [0.717, 1.165) is 10.5 Å². The number of carbonyl (C=O) groups is 1. The second-order valence-electron chi connectivity index (χ2n) is 4.60. The predicted octanol–water partition coefficient (Wildman–Crippen LogP) is 5.79. The highest BCUT2D eigenvalue weighted by Gasteiger charge is 2.34. The van der Waals surface area contributed by atoms with Crippen LogP contribution in [0.25, 0.3) is 0 Å². The summed E-state index contributed by atoms with van der Waals surface area (Å²) in [6.45, 7) is 1.71. The summed E-state index contributed by atoms with van der Waals surface area (Å²) in [7, 11) is 0. The average molecular weight is 437 g/mol. The first-order valence-corrected chi connectivity index (χ1v) is 7.71. The molecule has 0 aliphatic carbocycles.